The summed E-state index contributed by atoms with van der Waals surface area (Å²) in [6, 6.07) is 0.640. The SMILES string of the molecule is CCC1CCC(N(C)CC(C)(O)CN)CC1. The molecule has 0 aromatic carbocycles. The third-order valence-corrected chi connectivity index (χ3v) is 4.05. The summed E-state index contributed by atoms with van der Waals surface area (Å²) >= 11 is 0. The van der Waals surface area contributed by atoms with E-state index < -0.39 is 5.60 Å². The first kappa shape index (κ1) is 13.9. The van der Waals surface area contributed by atoms with Gasteiger partial charge in [-0.3, -0.25) is 0 Å². The van der Waals surface area contributed by atoms with Crippen LogP contribution in [0.1, 0.15) is 46.0 Å². The number of nitrogens with two attached hydrogens (primary N) is 1. The van der Waals surface area contributed by atoms with Gasteiger partial charge in [0.1, 0.15) is 0 Å². The lowest BCUT2D eigenvalue weighted by Gasteiger charge is -2.37. The van der Waals surface area contributed by atoms with Gasteiger partial charge in [0.15, 0.2) is 0 Å². The van der Waals surface area contributed by atoms with E-state index in [2.05, 4.69) is 18.9 Å². The Bertz CT molecular complexity index is 198. The van der Waals surface area contributed by atoms with Gasteiger partial charge < -0.3 is 15.7 Å². The van der Waals surface area contributed by atoms with Crippen LogP contribution >= 0.6 is 0 Å². The van der Waals surface area contributed by atoms with Gasteiger partial charge in [-0.2, -0.15) is 0 Å². The standard InChI is InChI=1S/C13H28N2O/c1-4-11-5-7-12(8-6-11)15(3)10-13(2,16)9-14/h11-12,16H,4-10,14H2,1-3H3. The fourth-order valence-corrected chi connectivity index (χ4v) is 2.72. The van der Waals surface area contributed by atoms with Crippen molar-refractivity contribution in [1.82, 2.24) is 4.90 Å². The number of hydrogen-bond acceptors (Lipinski definition) is 3. The molecule has 1 saturated carbocycles. The molecular weight excluding hydrogens is 200 g/mol. The molecule has 0 aromatic rings. The molecule has 0 spiro atoms. The van der Waals surface area contributed by atoms with Gasteiger partial charge in [0.05, 0.1) is 5.60 Å². The molecule has 96 valence electrons. The first-order chi connectivity index (χ1) is 7.48. The van der Waals surface area contributed by atoms with E-state index >= 15 is 0 Å². The quantitative estimate of drug-likeness (QED) is 0.751. The molecule has 0 heterocycles. The van der Waals surface area contributed by atoms with Crippen LogP contribution in [0.5, 0.6) is 0 Å². The van der Waals surface area contributed by atoms with E-state index in [1.54, 1.807) is 0 Å². The summed E-state index contributed by atoms with van der Waals surface area (Å²) in [7, 11) is 2.11. The Balaban J connectivity index is 2.36. The highest BCUT2D eigenvalue weighted by molar-refractivity contribution is 4.83. The molecule has 3 heteroatoms. The van der Waals surface area contributed by atoms with Crippen LogP contribution in [0.2, 0.25) is 0 Å². The van der Waals surface area contributed by atoms with Crippen molar-refractivity contribution in [1.29, 1.82) is 0 Å². The van der Waals surface area contributed by atoms with Crippen LogP contribution in [0.15, 0.2) is 0 Å². The molecule has 0 radical (unpaired) electrons. The lowest BCUT2D eigenvalue weighted by atomic mass is 9.84. The highest BCUT2D eigenvalue weighted by atomic mass is 16.3. The number of rotatable bonds is 5. The zero-order valence-corrected chi connectivity index (χ0v) is 11.1. The molecule has 3 nitrogen and oxygen atoms in total. The minimum Gasteiger partial charge on any atom is -0.388 e. The van der Waals surface area contributed by atoms with Crippen LogP contribution in [-0.4, -0.2) is 41.8 Å². The van der Waals surface area contributed by atoms with Gasteiger partial charge in [-0.25, -0.2) is 0 Å². The second-order valence-corrected chi connectivity index (χ2v) is 5.70. The third-order valence-electron chi connectivity index (χ3n) is 4.05. The highest BCUT2D eigenvalue weighted by Crippen LogP contribution is 2.29. The van der Waals surface area contributed by atoms with Crippen LogP contribution in [0.3, 0.4) is 0 Å². The normalized spacial score (nSPS) is 30.4. The number of likely N-dealkylation sites (N-methyl/N-ethyl adjacent to an activating group) is 1. The average molecular weight is 228 g/mol. The zero-order valence-electron chi connectivity index (χ0n) is 11.1. The maximum Gasteiger partial charge on any atom is 0.0867 e. The third kappa shape index (κ3) is 4.04. The van der Waals surface area contributed by atoms with Gasteiger partial charge in [-0.1, -0.05) is 13.3 Å². The summed E-state index contributed by atoms with van der Waals surface area (Å²) in [6.07, 6.45) is 6.55. The van der Waals surface area contributed by atoms with E-state index in [0.717, 1.165) is 5.92 Å². The van der Waals surface area contributed by atoms with E-state index in [4.69, 9.17) is 5.73 Å². The van der Waals surface area contributed by atoms with E-state index in [1.807, 2.05) is 6.92 Å². The Kier molecular flexibility index (Phi) is 5.22. The minimum absolute atomic E-state index is 0.335. The Morgan fingerprint density at radius 2 is 1.88 bits per heavy atom. The zero-order chi connectivity index (χ0) is 12.2. The molecule has 1 aliphatic carbocycles. The smallest absolute Gasteiger partial charge is 0.0867 e. The lowest BCUT2D eigenvalue weighted by molar-refractivity contribution is 0.0147. The fraction of sp³-hybridized carbons (Fsp3) is 1.00. The molecule has 0 saturated heterocycles. The van der Waals surface area contributed by atoms with Gasteiger partial charge in [0.2, 0.25) is 0 Å². The molecule has 1 fully saturated rings. The van der Waals surface area contributed by atoms with E-state index in [1.165, 1.54) is 32.1 Å². The van der Waals surface area contributed by atoms with Crippen LogP contribution in [0, 0.1) is 5.92 Å². The lowest BCUT2D eigenvalue weighted by Crippen LogP contribution is -2.48. The molecule has 1 rings (SSSR count). The van der Waals surface area contributed by atoms with Crippen LogP contribution in [0.25, 0.3) is 0 Å². The van der Waals surface area contributed by atoms with Crippen molar-refractivity contribution in [2.24, 2.45) is 11.7 Å². The fourth-order valence-electron chi connectivity index (χ4n) is 2.72. The van der Waals surface area contributed by atoms with Crippen molar-refractivity contribution in [2.75, 3.05) is 20.1 Å². The minimum atomic E-state index is -0.740. The predicted octanol–water partition coefficient (Wildman–Crippen LogP) is 1.60. The monoisotopic (exact) mass is 228 g/mol. The molecule has 16 heavy (non-hydrogen) atoms. The molecule has 1 unspecified atom stereocenters. The summed E-state index contributed by atoms with van der Waals surface area (Å²) in [6.45, 7) is 5.13. The summed E-state index contributed by atoms with van der Waals surface area (Å²) in [5.41, 5.74) is 4.81. The molecule has 0 aliphatic heterocycles. The van der Waals surface area contributed by atoms with Crippen molar-refractivity contribution in [2.45, 2.75) is 57.6 Å². The van der Waals surface area contributed by atoms with Gasteiger partial charge in [0.25, 0.3) is 0 Å². The molecular formula is C13H28N2O. The van der Waals surface area contributed by atoms with E-state index in [-0.39, 0.29) is 0 Å². The number of nitrogens with zero attached hydrogens (tertiary/aromatic N) is 1. The topological polar surface area (TPSA) is 49.5 Å². The van der Waals surface area contributed by atoms with Crippen molar-refractivity contribution in [3.05, 3.63) is 0 Å². The van der Waals surface area contributed by atoms with Crippen molar-refractivity contribution in [3.8, 4) is 0 Å². The molecule has 1 aliphatic rings. The first-order valence-corrected chi connectivity index (χ1v) is 6.61. The van der Waals surface area contributed by atoms with Gasteiger partial charge in [-0.15, -0.1) is 0 Å². The maximum atomic E-state index is 9.96. The van der Waals surface area contributed by atoms with Crippen LogP contribution < -0.4 is 5.73 Å². The molecule has 0 bridgehead atoms. The Hall–Kier alpha value is -0.120. The largest absolute Gasteiger partial charge is 0.388 e. The van der Waals surface area contributed by atoms with Crippen LogP contribution in [-0.2, 0) is 0 Å². The Morgan fingerprint density at radius 3 is 2.31 bits per heavy atom. The summed E-state index contributed by atoms with van der Waals surface area (Å²) in [5, 5.41) is 9.96. The molecule has 0 aromatic heterocycles. The van der Waals surface area contributed by atoms with Crippen molar-refractivity contribution in [3.63, 3.8) is 0 Å². The highest BCUT2D eigenvalue weighted by Gasteiger charge is 2.27. The Morgan fingerprint density at radius 1 is 1.31 bits per heavy atom. The van der Waals surface area contributed by atoms with Crippen molar-refractivity contribution < 1.29 is 5.11 Å². The number of hydrogen-bond donors (Lipinski definition) is 2. The van der Waals surface area contributed by atoms with Gasteiger partial charge in [0, 0.05) is 19.1 Å². The first-order valence-electron chi connectivity index (χ1n) is 6.61. The van der Waals surface area contributed by atoms with Crippen LogP contribution in [0.4, 0.5) is 0 Å². The Labute approximate surface area is 100 Å². The van der Waals surface area contributed by atoms with Gasteiger partial charge in [-0.05, 0) is 45.6 Å². The second-order valence-electron chi connectivity index (χ2n) is 5.70. The second kappa shape index (κ2) is 5.99. The average Bonchev–Trinajstić information content (AvgIpc) is 2.28. The summed E-state index contributed by atoms with van der Waals surface area (Å²) < 4.78 is 0. The predicted molar refractivity (Wildman–Crippen MR) is 68.3 cm³/mol. The molecule has 0 amide bonds. The van der Waals surface area contributed by atoms with Crippen molar-refractivity contribution >= 4 is 0 Å². The molecule has 3 N–H and O–H groups in total. The maximum absolute atomic E-state index is 9.96. The summed E-state index contributed by atoms with van der Waals surface area (Å²) in [4.78, 5) is 2.29. The molecule has 1 atom stereocenters. The van der Waals surface area contributed by atoms with E-state index in [0.29, 0.717) is 19.1 Å². The number of aliphatic hydroxyl groups is 1. The van der Waals surface area contributed by atoms with E-state index in [9.17, 15) is 5.11 Å². The van der Waals surface area contributed by atoms with Gasteiger partial charge >= 0.3 is 0 Å². The summed E-state index contributed by atoms with van der Waals surface area (Å²) in [5.74, 6) is 0.930.